The van der Waals surface area contributed by atoms with Gasteiger partial charge < -0.3 is 10.1 Å². The third-order valence-corrected chi connectivity index (χ3v) is 2.91. The number of methoxy groups -OCH3 is 1. The Bertz CT molecular complexity index is 331. The van der Waals surface area contributed by atoms with Gasteiger partial charge in [0, 0.05) is 6.54 Å². The first-order valence-corrected chi connectivity index (χ1v) is 6.28. The van der Waals surface area contributed by atoms with Crippen molar-refractivity contribution in [2.24, 2.45) is 5.41 Å². The monoisotopic (exact) mass is 239 g/mol. The molecule has 0 aliphatic carbocycles. The zero-order valence-electron chi connectivity index (χ0n) is 11.9. The molecule has 1 aromatic heterocycles. The second-order valence-electron chi connectivity index (χ2n) is 5.27. The summed E-state index contributed by atoms with van der Waals surface area (Å²) >= 11 is 0. The van der Waals surface area contributed by atoms with E-state index in [2.05, 4.69) is 45.0 Å². The minimum atomic E-state index is 0.121. The summed E-state index contributed by atoms with van der Waals surface area (Å²) in [4.78, 5) is 0. The molecule has 1 unspecified atom stereocenters. The smallest absolute Gasteiger partial charge is 0.161 e. The molecule has 1 N–H and O–H groups in total. The fourth-order valence-electron chi connectivity index (χ4n) is 2.10. The molecular formula is C13H25N3O. The summed E-state index contributed by atoms with van der Waals surface area (Å²) in [5.41, 5.74) is 1.26. The van der Waals surface area contributed by atoms with Crippen LogP contribution in [-0.4, -0.2) is 23.4 Å². The predicted molar refractivity (Wildman–Crippen MR) is 70.3 cm³/mol. The van der Waals surface area contributed by atoms with E-state index in [0.29, 0.717) is 0 Å². The SMILES string of the molecule is CCNC(c1c(OC)cnn1CC)C(C)(C)C. The third-order valence-electron chi connectivity index (χ3n) is 2.91. The van der Waals surface area contributed by atoms with Crippen LogP contribution in [-0.2, 0) is 6.54 Å². The number of aromatic nitrogens is 2. The van der Waals surface area contributed by atoms with Gasteiger partial charge in [-0.2, -0.15) is 5.10 Å². The Labute approximate surface area is 104 Å². The van der Waals surface area contributed by atoms with Crippen molar-refractivity contribution >= 4 is 0 Å². The van der Waals surface area contributed by atoms with E-state index < -0.39 is 0 Å². The van der Waals surface area contributed by atoms with Crippen LogP contribution in [0.3, 0.4) is 0 Å². The van der Waals surface area contributed by atoms with Crippen molar-refractivity contribution in [2.45, 2.75) is 47.2 Å². The predicted octanol–water partition coefficient (Wildman–Crippen LogP) is 2.61. The number of nitrogens with zero attached hydrogens (tertiary/aromatic N) is 2. The Morgan fingerprint density at radius 2 is 2.06 bits per heavy atom. The largest absolute Gasteiger partial charge is 0.493 e. The van der Waals surface area contributed by atoms with Crippen molar-refractivity contribution in [1.29, 1.82) is 0 Å². The minimum absolute atomic E-state index is 0.121. The van der Waals surface area contributed by atoms with E-state index in [9.17, 15) is 0 Å². The van der Waals surface area contributed by atoms with Gasteiger partial charge in [0.1, 0.15) is 0 Å². The molecule has 0 aliphatic rings. The molecule has 0 spiro atoms. The van der Waals surface area contributed by atoms with Gasteiger partial charge in [-0.3, -0.25) is 4.68 Å². The quantitative estimate of drug-likeness (QED) is 0.858. The van der Waals surface area contributed by atoms with Gasteiger partial charge in [0.25, 0.3) is 0 Å². The summed E-state index contributed by atoms with van der Waals surface area (Å²) in [7, 11) is 1.70. The van der Waals surface area contributed by atoms with Gasteiger partial charge in [0.2, 0.25) is 0 Å². The van der Waals surface area contributed by atoms with Crippen LogP contribution in [0.5, 0.6) is 5.75 Å². The standard InChI is InChI=1S/C13H25N3O/c1-7-14-12(13(3,4)5)11-10(17-6)9-15-16(11)8-2/h9,12,14H,7-8H2,1-6H3. The highest BCUT2D eigenvalue weighted by atomic mass is 16.5. The lowest BCUT2D eigenvalue weighted by atomic mass is 9.84. The van der Waals surface area contributed by atoms with Crippen LogP contribution in [0.2, 0.25) is 0 Å². The maximum atomic E-state index is 5.43. The van der Waals surface area contributed by atoms with E-state index >= 15 is 0 Å². The van der Waals surface area contributed by atoms with Crippen LogP contribution in [0, 0.1) is 5.41 Å². The normalized spacial score (nSPS) is 13.8. The summed E-state index contributed by atoms with van der Waals surface area (Å²) in [6.07, 6.45) is 1.80. The number of aryl methyl sites for hydroxylation is 1. The third kappa shape index (κ3) is 3.00. The van der Waals surface area contributed by atoms with Crippen LogP contribution in [0.4, 0.5) is 0 Å². The average Bonchev–Trinajstić information content (AvgIpc) is 2.66. The molecule has 0 radical (unpaired) electrons. The molecule has 0 fully saturated rings. The zero-order valence-corrected chi connectivity index (χ0v) is 11.9. The summed E-state index contributed by atoms with van der Waals surface area (Å²) < 4.78 is 7.44. The van der Waals surface area contributed by atoms with Crippen LogP contribution >= 0.6 is 0 Å². The first-order chi connectivity index (χ1) is 7.95. The van der Waals surface area contributed by atoms with Gasteiger partial charge in [-0.05, 0) is 18.9 Å². The van der Waals surface area contributed by atoms with Gasteiger partial charge in [0.15, 0.2) is 5.75 Å². The highest BCUT2D eigenvalue weighted by Crippen LogP contribution is 2.37. The Morgan fingerprint density at radius 1 is 1.41 bits per heavy atom. The fraction of sp³-hybridized carbons (Fsp3) is 0.769. The molecule has 0 amide bonds. The van der Waals surface area contributed by atoms with Gasteiger partial charge in [-0.1, -0.05) is 27.7 Å². The van der Waals surface area contributed by atoms with Crippen LogP contribution in [0.1, 0.15) is 46.4 Å². The molecule has 0 saturated heterocycles. The van der Waals surface area contributed by atoms with E-state index in [1.54, 1.807) is 13.3 Å². The van der Waals surface area contributed by atoms with Crippen LogP contribution < -0.4 is 10.1 Å². The van der Waals surface area contributed by atoms with Crippen molar-refractivity contribution in [1.82, 2.24) is 15.1 Å². The molecule has 17 heavy (non-hydrogen) atoms. The van der Waals surface area contributed by atoms with E-state index in [-0.39, 0.29) is 11.5 Å². The molecule has 1 atom stereocenters. The lowest BCUT2D eigenvalue weighted by Crippen LogP contribution is -2.34. The first kappa shape index (κ1) is 14.0. The molecule has 0 aromatic carbocycles. The molecule has 1 heterocycles. The minimum Gasteiger partial charge on any atom is -0.493 e. The molecule has 1 aromatic rings. The van der Waals surface area contributed by atoms with Gasteiger partial charge in [0.05, 0.1) is 25.0 Å². The van der Waals surface area contributed by atoms with E-state index in [0.717, 1.165) is 24.5 Å². The molecule has 0 bridgehead atoms. The van der Waals surface area contributed by atoms with Crippen molar-refractivity contribution in [3.8, 4) is 5.75 Å². The Morgan fingerprint density at radius 3 is 2.47 bits per heavy atom. The van der Waals surface area contributed by atoms with Gasteiger partial charge >= 0.3 is 0 Å². The lowest BCUT2D eigenvalue weighted by molar-refractivity contribution is 0.254. The van der Waals surface area contributed by atoms with E-state index in [1.165, 1.54) is 0 Å². The highest BCUT2D eigenvalue weighted by molar-refractivity contribution is 5.29. The Balaban J connectivity index is 3.20. The molecule has 0 saturated carbocycles. The summed E-state index contributed by atoms with van der Waals surface area (Å²) in [6.45, 7) is 12.7. The summed E-state index contributed by atoms with van der Waals surface area (Å²) in [5, 5.41) is 7.91. The summed E-state index contributed by atoms with van der Waals surface area (Å²) in [6, 6.07) is 0.241. The Hall–Kier alpha value is -1.03. The molecule has 4 heteroatoms. The van der Waals surface area contributed by atoms with Crippen molar-refractivity contribution in [3.63, 3.8) is 0 Å². The first-order valence-electron chi connectivity index (χ1n) is 6.28. The van der Waals surface area contributed by atoms with E-state index in [4.69, 9.17) is 4.74 Å². The van der Waals surface area contributed by atoms with Crippen molar-refractivity contribution in [2.75, 3.05) is 13.7 Å². The van der Waals surface area contributed by atoms with Crippen molar-refractivity contribution in [3.05, 3.63) is 11.9 Å². The molecule has 98 valence electrons. The molecule has 4 nitrogen and oxygen atoms in total. The maximum absolute atomic E-state index is 5.43. The van der Waals surface area contributed by atoms with Gasteiger partial charge in [-0.25, -0.2) is 0 Å². The number of hydrogen-bond donors (Lipinski definition) is 1. The number of rotatable bonds is 5. The number of hydrogen-bond acceptors (Lipinski definition) is 3. The lowest BCUT2D eigenvalue weighted by Gasteiger charge is -2.32. The fourth-order valence-corrected chi connectivity index (χ4v) is 2.10. The summed E-state index contributed by atoms with van der Waals surface area (Å²) in [5.74, 6) is 0.868. The Kier molecular flexibility index (Phi) is 4.57. The highest BCUT2D eigenvalue weighted by Gasteiger charge is 2.31. The molecule has 0 aliphatic heterocycles. The average molecular weight is 239 g/mol. The topological polar surface area (TPSA) is 39.1 Å². The van der Waals surface area contributed by atoms with E-state index in [1.807, 2.05) is 4.68 Å². The second kappa shape index (κ2) is 5.54. The number of ether oxygens (including phenoxy) is 1. The van der Waals surface area contributed by atoms with Gasteiger partial charge in [-0.15, -0.1) is 0 Å². The van der Waals surface area contributed by atoms with Crippen LogP contribution in [0.15, 0.2) is 6.20 Å². The van der Waals surface area contributed by atoms with Crippen LogP contribution in [0.25, 0.3) is 0 Å². The van der Waals surface area contributed by atoms with Crippen molar-refractivity contribution < 1.29 is 4.74 Å². The zero-order chi connectivity index (χ0) is 13.1. The number of nitrogens with one attached hydrogen (secondary N) is 1. The molecular weight excluding hydrogens is 214 g/mol. The maximum Gasteiger partial charge on any atom is 0.161 e. The molecule has 1 rings (SSSR count). The second-order valence-corrected chi connectivity index (χ2v) is 5.27.